The van der Waals surface area contributed by atoms with Gasteiger partial charge in [-0.25, -0.2) is 18.4 Å². The first-order valence-corrected chi connectivity index (χ1v) is 8.68. The Bertz CT molecular complexity index is 628. The molecule has 1 aromatic rings. The molecule has 1 fully saturated rings. The van der Waals surface area contributed by atoms with Crippen LogP contribution in [0, 0.1) is 0 Å². The fraction of sp³-hybridized carbons (Fsp3) is 0.462. The van der Waals surface area contributed by atoms with Gasteiger partial charge in [-0.3, -0.25) is 0 Å². The van der Waals surface area contributed by atoms with E-state index in [0.29, 0.717) is 0 Å². The van der Waals surface area contributed by atoms with Crippen molar-refractivity contribution >= 4 is 33.3 Å². The second-order valence-corrected chi connectivity index (χ2v) is 7.09. The minimum absolute atomic E-state index is 0.0973. The van der Waals surface area contributed by atoms with Crippen LogP contribution in [0.15, 0.2) is 23.1 Å². The minimum atomic E-state index is -3.84. The Morgan fingerprint density at radius 1 is 1.24 bits per heavy atom. The number of halogens is 1. The van der Waals surface area contributed by atoms with Gasteiger partial charge < -0.3 is 10.6 Å². The Morgan fingerprint density at radius 2 is 1.90 bits per heavy atom. The lowest BCUT2D eigenvalue weighted by atomic mass is 9.96. The number of urea groups is 1. The average molecular weight is 332 g/mol. The van der Waals surface area contributed by atoms with Crippen LogP contribution in [0.3, 0.4) is 0 Å². The maximum absolute atomic E-state index is 11.9. The highest BCUT2D eigenvalue weighted by Gasteiger charge is 2.17. The lowest BCUT2D eigenvalue weighted by Gasteiger charge is -2.23. The SMILES string of the molecule is NS(=O)(=O)c1ccc(Cl)c(NC(=O)NC2CCCCC2)c1. The number of benzene rings is 1. The number of nitrogens with one attached hydrogen (secondary N) is 2. The number of nitrogens with two attached hydrogens (primary N) is 1. The number of amides is 2. The third-order valence-electron chi connectivity index (χ3n) is 3.45. The van der Waals surface area contributed by atoms with Crippen LogP contribution in [0.25, 0.3) is 0 Å². The van der Waals surface area contributed by atoms with Crippen molar-refractivity contribution < 1.29 is 13.2 Å². The number of hydrogen-bond acceptors (Lipinski definition) is 3. The zero-order chi connectivity index (χ0) is 15.5. The maximum atomic E-state index is 11.9. The largest absolute Gasteiger partial charge is 0.335 e. The molecule has 0 spiro atoms. The van der Waals surface area contributed by atoms with Gasteiger partial charge in [-0.1, -0.05) is 30.9 Å². The lowest BCUT2D eigenvalue weighted by molar-refractivity contribution is 0.244. The van der Waals surface area contributed by atoms with Crippen molar-refractivity contribution in [1.82, 2.24) is 5.32 Å². The van der Waals surface area contributed by atoms with E-state index >= 15 is 0 Å². The summed E-state index contributed by atoms with van der Waals surface area (Å²) in [7, 11) is -3.84. The van der Waals surface area contributed by atoms with E-state index in [0.717, 1.165) is 25.7 Å². The zero-order valence-corrected chi connectivity index (χ0v) is 13.0. The van der Waals surface area contributed by atoms with E-state index in [1.54, 1.807) is 0 Å². The molecule has 0 atom stereocenters. The van der Waals surface area contributed by atoms with E-state index in [9.17, 15) is 13.2 Å². The molecule has 116 valence electrons. The highest BCUT2D eigenvalue weighted by molar-refractivity contribution is 7.89. The van der Waals surface area contributed by atoms with Gasteiger partial charge in [0.1, 0.15) is 0 Å². The molecule has 0 heterocycles. The van der Waals surface area contributed by atoms with Crippen molar-refractivity contribution in [2.45, 2.75) is 43.0 Å². The molecule has 8 heteroatoms. The summed E-state index contributed by atoms with van der Waals surface area (Å²) in [5.41, 5.74) is 0.219. The smallest absolute Gasteiger partial charge is 0.319 e. The maximum Gasteiger partial charge on any atom is 0.319 e. The van der Waals surface area contributed by atoms with Crippen LogP contribution in [0.1, 0.15) is 32.1 Å². The topological polar surface area (TPSA) is 101 Å². The normalized spacial score (nSPS) is 16.5. The Kier molecular flexibility index (Phi) is 5.08. The molecule has 4 N–H and O–H groups in total. The van der Waals surface area contributed by atoms with Crippen LogP contribution in [0.4, 0.5) is 10.5 Å². The van der Waals surface area contributed by atoms with E-state index in [2.05, 4.69) is 10.6 Å². The molecule has 1 saturated carbocycles. The summed E-state index contributed by atoms with van der Waals surface area (Å²) >= 11 is 5.95. The molecular formula is C13H18ClN3O3S. The number of hydrogen-bond donors (Lipinski definition) is 3. The molecular weight excluding hydrogens is 314 g/mol. The monoisotopic (exact) mass is 331 g/mol. The Morgan fingerprint density at radius 3 is 2.52 bits per heavy atom. The highest BCUT2D eigenvalue weighted by atomic mass is 35.5. The van der Waals surface area contributed by atoms with Crippen molar-refractivity contribution in [2.24, 2.45) is 5.14 Å². The first-order chi connectivity index (χ1) is 9.86. The minimum Gasteiger partial charge on any atom is -0.335 e. The number of carbonyl (C=O) groups is 1. The molecule has 1 aliphatic rings. The lowest BCUT2D eigenvalue weighted by Crippen LogP contribution is -2.39. The fourth-order valence-electron chi connectivity index (χ4n) is 2.37. The van der Waals surface area contributed by atoms with Crippen molar-refractivity contribution in [3.63, 3.8) is 0 Å². The summed E-state index contributed by atoms with van der Waals surface area (Å²) in [5, 5.41) is 10.7. The Labute approximate surface area is 129 Å². The summed E-state index contributed by atoms with van der Waals surface area (Å²) in [5.74, 6) is 0. The quantitative estimate of drug-likeness (QED) is 0.792. The molecule has 1 aliphatic carbocycles. The molecule has 0 saturated heterocycles. The van der Waals surface area contributed by atoms with Crippen LogP contribution in [0.5, 0.6) is 0 Å². The van der Waals surface area contributed by atoms with Crippen molar-refractivity contribution in [1.29, 1.82) is 0 Å². The van der Waals surface area contributed by atoms with Gasteiger partial charge in [-0.15, -0.1) is 0 Å². The number of carbonyl (C=O) groups excluding carboxylic acids is 1. The molecule has 21 heavy (non-hydrogen) atoms. The van der Waals surface area contributed by atoms with E-state index in [1.807, 2.05) is 0 Å². The van der Waals surface area contributed by atoms with Crippen LogP contribution >= 0.6 is 11.6 Å². The molecule has 0 aliphatic heterocycles. The zero-order valence-electron chi connectivity index (χ0n) is 11.4. The van der Waals surface area contributed by atoms with Crippen LogP contribution in [0.2, 0.25) is 5.02 Å². The summed E-state index contributed by atoms with van der Waals surface area (Å²) in [4.78, 5) is 11.8. The van der Waals surface area contributed by atoms with Crippen molar-refractivity contribution in [3.8, 4) is 0 Å². The Balaban J connectivity index is 2.06. The van der Waals surface area contributed by atoms with Crippen LogP contribution in [-0.2, 0) is 10.0 Å². The summed E-state index contributed by atoms with van der Waals surface area (Å²) in [6.07, 6.45) is 5.32. The molecule has 0 radical (unpaired) electrons. The van der Waals surface area contributed by atoms with Crippen LogP contribution in [-0.4, -0.2) is 20.5 Å². The molecule has 2 amide bonds. The van der Waals surface area contributed by atoms with Gasteiger partial charge in [0, 0.05) is 6.04 Å². The number of primary sulfonamides is 1. The number of anilines is 1. The first-order valence-electron chi connectivity index (χ1n) is 6.76. The second kappa shape index (κ2) is 6.64. The van der Waals surface area contributed by atoms with Gasteiger partial charge in [-0.2, -0.15) is 0 Å². The summed E-state index contributed by atoms with van der Waals surface area (Å²) in [6, 6.07) is 3.69. The predicted molar refractivity (Wildman–Crippen MR) is 81.9 cm³/mol. The molecule has 1 aromatic carbocycles. The highest BCUT2D eigenvalue weighted by Crippen LogP contribution is 2.25. The molecule has 2 rings (SSSR count). The average Bonchev–Trinajstić information content (AvgIpc) is 2.41. The predicted octanol–water partition coefficient (Wildman–Crippen LogP) is 2.44. The van der Waals surface area contributed by atoms with Crippen molar-refractivity contribution in [3.05, 3.63) is 23.2 Å². The molecule has 6 nitrogen and oxygen atoms in total. The third-order valence-corrected chi connectivity index (χ3v) is 4.70. The van der Waals surface area contributed by atoms with Gasteiger partial charge >= 0.3 is 6.03 Å². The van der Waals surface area contributed by atoms with Gasteiger partial charge in [-0.05, 0) is 31.0 Å². The molecule has 0 unspecified atom stereocenters. The van der Waals surface area contributed by atoms with Gasteiger partial charge in [0.2, 0.25) is 10.0 Å². The summed E-state index contributed by atoms with van der Waals surface area (Å²) in [6.45, 7) is 0. The standard InChI is InChI=1S/C13H18ClN3O3S/c14-11-7-6-10(21(15,19)20)8-12(11)17-13(18)16-9-4-2-1-3-5-9/h6-9H,1-5H2,(H2,15,19,20)(H2,16,17,18). The van der Waals surface area contributed by atoms with Gasteiger partial charge in [0.15, 0.2) is 0 Å². The third kappa shape index (κ3) is 4.59. The fourth-order valence-corrected chi connectivity index (χ4v) is 3.07. The van der Waals surface area contributed by atoms with E-state index < -0.39 is 16.1 Å². The van der Waals surface area contributed by atoms with Gasteiger partial charge in [0.25, 0.3) is 0 Å². The van der Waals surface area contributed by atoms with E-state index in [-0.39, 0.29) is 21.6 Å². The van der Waals surface area contributed by atoms with E-state index in [1.165, 1.54) is 24.6 Å². The first kappa shape index (κ1) is 16.1. The second-order valence-electron chi connectivity index (χ2n) is 5.12. The molecule has 0 aromatic heterocycles. The van der Waals surface area contributed by atoms with Crippen LogP contribution < -0.4 is 15.8 Å². The number of rotatable bonds is 3. The summed E-state index contributed by atoms with van der Waals surface area (Å²) < 4.78 is 22.6. The van der Waals surface area contributed by atoms with Crippen molar-refractivity contribution in [2.75, 3.05) is 5.32 Å². The van der Waals surface area contributed by atoms with Gasteiger partial charge in [0.05, 0.1) is 15.6 Å². The number of sulfonamides is 1. The Hall–Kier alpha value is -1.31. The molecule has 0 bridgehead atoms. The van der Waals surface area contributed by atoms with E-state index in [4.69, 9.17) is 16.7 Å².